The number of ketones is 2. The number of aromatic hydroxyl groups is 2. The Bertz CT molecular complexity index is 2570. The summed E-state index contributed by atoms with van der Waals surface area (Å²) in [6.07, 6.45) is -3.70. The van der Waals surface area contributed by atoms with Crippen molar-refractivity contribution in [3.8, 4) is 17.2 Å². The van der Waals surface area contributed by atoms with Gasteiger partial charge in [-0.2, -0.15) is 0 Å². The summed E-state index contributed by atoms with van der Waals surface area (Å²) in [5.41, 5.74) is -3.99. The number of nitrogens with one attached hydrogen (secondary N) is 5. The molecule has 25 heteroatoms. The summed E-state index contributed by atoms with van der Waals surface area (Å²) in [4.78, 5) is 117. The van der Waals surface area contributed by atoms with E-state index in [0.717, 1.165) is 17.1 Å². The summed E-state index contributed by atoms with van der Waals surface area (Å²) in [6, 6.07) is 4.07. The molecule has 4 aliphatic heterocycles. The highest BCUT2D eigenvalue weighted by Gasteiger charge is 2.55. The van der Waals surface area contributed by atoms with E-state index in [0.29, 0.717) is 13.2 Å². The Labute approximate surface area is 404 Å². The van der Waals surface area contributed by atoms with E-state index in [2.05, 4.69) is 31.5 Å². The molecule has 3 saturated heterocycles. The van der Waals surface area contributed by atoms with Gasteiger partial charge in [0, 0.05) is 93.9 Å². The first-order valence-corrected chi connectivity index (χ1v) is 22.8. The molecule has 6 aliphatic rings. The van der Waals surface area contributed by atoms with Crippen molar-refractivity contribution in [1.82, 2.24) is 36.4 Å². The SMILES string of the molecule is COc1cccc2c1C(=O)c1c(O)c3c(c(O)c1C2=O)C[C@@](O)(C(=O)NCCNC(=O)CNC(=O)CNC(=O)CNC(=O)CCN1C(=O)C=CC1=O)C[C@@H]3OC1C[C@H]2[C@H](O[C@@H]3[C@@H](OC)OCCN32)[C@H](C)O1. The summed E-state index contributed by atoms with van der Waals surface area (Å²) in [7, 11) is 2.82. The Balaban J connectivity index is 0.894. The third kappa shape index (κ3) is 10.1. The van der Waals surface area contributed by atoms with Gasteiger partial charge in [-0.05, 0) is 13.0 Å². The fraction of sp³-hybridized carbons (Fsp3) is 0.500. The van der Waals surface area contributed by atoms with Gasteiger partial charge in [-0.3, -0.25) is 53.0 Å². The van der Waals surface area contributed by atoms with Crippen LogP contribution in [0.2, 0.25) is 0 Å². The van der Waals surface area contributed by atoms with Gasteiger partial charge in [-0.1, -0.05) is 12.1 Å². The number of hydrogen-bond donors (Lipinski definition) is 8. The number of aliphatic hydroxyl groups is 1. The van der Waals surface area contributed by atoms with Crippen molar-refractivity contribution in [3.63, 3.8) is 0 Å². The highest BCUT2D eigenvalue weighted by molar-refractivity contribution is 6.31. The standard InChI is InChI=1S/C46H53N7O18/c1-21-42-24(52-13-14-68-44(67-3)43(52)71-42)15-33(69-21)70-26-17-46(65,16-23-35(26)41(63)37-36(39(23)61)38(60)22-5-4-6-25(66-2)34(22)40(37)62)45(64)48-11-10-47-28(55)18-50-30(57)20-51-29(56)19-49-27(54)9-12-53-31(58)7-8-32(53)59/h4-8,21,24,26,33,42-44,61,63,65H,9-20H2,1-3H3,(H,47,55)(H,48,64)(H,49,54)(H,50,57)(H,51,56)/t21-,24-,26-,33?,42+,43+,44-,46-/m0/s1. The van der Waals surface area contributed by atoms with E-state index in [9.17, 15) is 58.5 Å². The first-order chi connectivity index (χ1) is 33.9. The van der Waals surface area contributed by atoms with Gasteiger partial charge >= 0.3 is 0 Å². The molecule has 0 bridgehead atoms. The quantitative estimate of drug-likeness (QED) is 0.0381. The zero-order valence-electron chi connectivity index (χ0n) is 38.8. The molecule has 1 unspecified atom stereocenters. The number of morpholine rings is 1. The van der Waals surface area contributed by atoms with Crippen molar-refractivity contribution in [2.45, 2.75) is 81.4 Å². The van der Waals surface area contributed by atoms with Crippen molar-refractivity contribution in [2.75, 3.05) is 66.6 Å². The van der Waals surface area contributed by atoms with Gasteiger partial charge in [0.05, 0.1) is 62.2 Å². The lowest BCUT2D eigenvalue weighted by Crippen LogP contribution is -2.55. The second kappa shape index (κ2) is 20.8. The predicted octanol–water partition coefficient (Wildman–Crippen LogP) is -2.95. The van der Waals surface area contributed by atoms with Crippen LogP contribution in [-0.4, -0.2) is 187 Å². The number of imide groups is 1. The second-order valence-electron chi connectivity index (χ2n) is 17.5. The number of carbonyl (C=O) groups excluding carboxylic acids is 9. The molecule has 0 radical (unpaired) electrons. The zero-order valence-corrected chi connectivity index (χ0v) is 38.8. The minimum atomic E-state index is -2.38. The number of ether oxygens (including phenoxy) is 6. The molecule has 71 heavy (non-hydrogen) atoms. The van der Waals surface area contributed by atoms with Crippen molar-refractivity contribution < 1.29 is 86.9 Å². The number of phenolic OH excluding ortho intramolecular Hbond substituents is 2. The molecule has 2 aromatic rings. The van der Waals surface area contributed by atoms with E-state index in [4.69, 9.17) is 28.4 Å². The average Bonchev–Trinajstić information content (AvgIpc) is 3.90. The van der Waals surface area contributed by atoms with E-state index >= 15 is 0 Å². The fourth-order valence-electron chi connectivity index (χ4n) is 9.72. The largest absolute Gasteiger partial charge is 0.507 e. The van der Waals surface area contributed by atoms with Crippen LogP contribution in [-0.2, 0) is 63.7 Å². The molecular formula is C46H53N7O18. The lowest BCUT2D eigenvalue weighted by Gasteiger charge is -2.43. The first-order valence-electron chi connectivity index (χ1n) is 22.8. The second-order valence-corrected chi connectivity index (χ2v) is 17.5. The van der Waals surface area contributed by atoms with Crippen molar-refractivity contribution >= 4 is 52.9 Å². The number of phenols is 2. The van der Waals surface area contributed by atoms with Gasteiger partial charge < -0.3 is 70.3 Å². The normalized spacial score (nSPS) is 26.4. The molecule has 0 spiro atoms. The smallest absolute Gasteiger partial charge is 0.253 e. The Morgan fingerprint density at radius 2 is 1.46 bits per heavy atom. The molecule has 2 aliphatic carbocycles. The molecule has 4 heterocycles. The lowest BCUT2D eigenvalue weighted by molar-refractivity contribution is -0.256. The minimum Gasteiger partial charge on any atom is -0.507 e. The third-order valence-corrected chi connectivity index (χ3v) is 13.1. The van der Waals surface area contributed by atoms with Crippen LogP contribution in [0.1, 0.15) is 75.3 Å². The fourth-order valence-corrected chi connectivity index (χ4v) is 9.72. The number of methoxy groups -OCH3 is 2. The Hall–Kier alpha value is -6.87. The van der Waals surface area contributed by atoms with Gasteiger partial charge in [0.1, 0.15) is 29.0 Å². The van der Waals surface area contributed by atoms with Crippen LogP contribution in [0, 0.1) is 0 Å². The molecule has 380 valence electrons. The number of nitrogens with zero attached hydrogens (tertiary/aromatic N) is 2. The number of amides is 7. The number of hydrogen-bond acceptors (Lipinski definition) is 19. The zero-order chi connectivity index (χ0) is 50.9. The molecule has 25 nitrogen and oxygen atoms in total. The van der Waals surface area contributed by atoms with Crippen molar-refractivity contribution in [3.05, 3.63) is 63.7 Å². The average molecular weight is 992 g/mol. The summed E-state index contributed by atoms with van der Waals surface area (Å²) >= 11 is 0. The van der Waals surface area contributed by atoms with E-state index in [1.54, 1.807) is 6.92 Å². The maximum absolute atomic E-state index is 14.2. The molecular weight excluding hydrogens is 939 g/mol. The predicted molar refractivity (Wildman–Crippen MR) is 237 cm³/mol. The summed E-state index contributed by atoms with van der Waals surface area (Å²) in [5.74, 6) is -7.85. The Morgan fingerprint density at radius 1 is 0.817 bits per heavy atom. The van der Waals surface area contributed by atoms with Crippen LogP contribution in [0.25, 0.3) is 0 Å². The van der Waals surface area contributed by atoms with E-state index in [-0.39, 0.29) is 66.5 Å². The van der Waals surface area contributed by atoms with Crippen LogP contribution in [0.5, 0.6) is 17.2 Å². The highest BCUT2D eigenvalue weighted by atomic mass is 16.7. The van der Waals surface area contributed by atoms with Crippen LogP contribution in [0.3, 0.4) is 0 Å². The van der Waals surface area contributed by atoms with Crippen molar-refractivity contribution in [1.29, 1.82) is 0 Å². The van der Waals surface area contributed by atoms with E-state index in [1.807, 2.05) is 0 Å². The van der Waals surface area contributed by atoms with Crippen LogP contribution < -0.4 is 31.3 Å². The number of rotatable bonds is 17. The van der Waals surface area contributed by atoms with Gasteiger partial charge in [0.2, 0.25) is 29.4 Å². The first kappa shape index (κ1) is 50.5. The molecule has 3 fully saturated rings. The third-order valence-electron chi connectivity index (χ3n) is 13.1. The minimum absolute atomic E-state index is 0.0608. The molecule has 2 aromatic carbocycles. The lowest BCUT2D eigenvalue weighted by atomic mass is 9.72. The Morgan fingerprint density at radius 3 is 2.14 bits per heavy atom. The van der Waals surface area contributed by atoms with Crippen LogP contribution in [0.4, 0.5) is 0 Å². The molecule has 0 aromatic heterocycles. The van der Waals surface area contributed by atoms with Crippen LogP contribution in [0.15, 0.2) is 30.4 Å². The summed E-state index contributed by atoms with van der Waals surface area (Å²) in [6.45, 7) is 0.485. The summed E-state index contributed by atoms with van der Waals surface area (Å²) in [5, 5.41) is 48.1. The Kier molecular flexibility index (Phi) is 14.8. The molecule has 7 amide bonds. The monoisotopic (exact) mass is 991 g/mol. The molecule has 0 saturated carbocycles. The maximum atomic E-state index is 14.2. The van der Waals surface area contributed by atoms with Crippen molar-refractivity contribution in [2.24, 2.45) is 0 Å². The number of benzene rings is 2. The molecule has 8 rings (SSSR count). The van der Waals surface area contributed by atoms with Gasteiger partial charge in [0.25, 0.3) is 17.7 Å². The topological polar surface area (TPSA) is 336 Å². The van der Waals surface area contributed by atoms with Gasteiger partial charge in [0.15, 0.2) is 24.6 Å². The maximum Gasteiger partial charge on any atom is 0.253 e. The molecule has 8 atom stereocenters. The number of carbonyl (C=O) groups is 9. The van der Waals surface area contributed by atoms with E-state index < -0.39 is 151 Å². The number of fused-ring (bicyclic) bond motifs is 6. The molecule has 8 N–H and O–H groups in total. The van der Waals surface area contributed by atoms with Gasteiger partial charge in [-0.25, -0.2) is 0 Å². The van der Waals surface area contributed by atoms with E-state index in [1.165, 1.54) is 32.4 Å². The highest BCUT2D eigenvalue weighted by Crippen LogP contribution is 2.53. The van der Waals surface area contributed by atoms with Crippen LogP contribution >= 0.6 is 0 Å². The summed E-state index contributed by atoms with van der Waals surface area (Å²) < 4.78 is 35.8. The van der Waals surface area contributed by atoms with Gasteiger partial charge in [-0.15, -0.1) is 0 Å².